The number of primary amides is 1. The molecule has 2 aliphatic heterocycles. The average Bonchev–Trinajstić information content (AvgIpc) is 2.57. The molecule has 76 valence electrons. The SMILES string of the molecule is NC(=O)CN1CC2CCC(=O)N2C1=O. The Morgan fingerprint density at radius 1 is 1.50 bits per heavy atom. The molecule has 0 aromatic heterocycles. The van der Waals surface area contributed by atoms with Crippen LogP contribution in [0.3, 0.4) is 0 Å². The Bertz CT molecular complexity index is 315. The molecule has 1 atom stereocenters. The molecule has 2 aliphatic rings. The van der Waals surface area contributed by atoms with Crippen LogP contribution in [0.5, 0.6) is 0 Å². The van der Waals surface area contributed by atoms with Crippen molar-refractivity contribution in [1.29, 1.82) is 0 Å². The van der Waals surface area contributed by atoms with Gasteiger partial charge in [0.1, 0.15) is 6.54 Å². The fourth-order valence-corrected chi connectivity index (χ4v) is 1.98. The van der Waals surface area contributed by atoms with Crippen molar-refractivity contribution in [3.63, 3.8) is 0 Å². The van der Waals surface area contributed by atoms with Crippen LogP contribution < -0.4 is 5.73 Å². The number of amides is 4. The topological polar surface area (TPSA) is 83.7 Å². The van der Waals surface area contributed by atoms with E-state index in [4.69, 9.17) is 5.73 Å². The Labute approximate surface area is 80.6 Å². The maximum absolute atomic E-state index is 11.6. The van der Waals surface area contributed by atoms with E-state index in [0.29, 0.717) is 19.4 Å². The first-order valence-electron chi connectivity index (χ1n) is 4.49. The summed E-state index contributed by atoms with van der Waals surface area (Å²) in [4.78, 5) is 36.0. The third kappa shape index (κ3) is 1.23. The predicted octanol–water partition coefficient (Wildman–Crippen LogP) is -1.10. The summed E-state index contributed by atoms with van der Waals surface area (Å²) < 4.78 is 0. The Morgan fingerprint density at radius 3 is 2.79 bits per heavy atom. The van der Waals surface area contributed by atoms with Crippen LogP contribution in [0.1, 0.15) is 12.8 Å². The first kappa shape index (κ1) is 8.98. The molecule has 2 saturated heterocycles. The molecule has 14 heavy (non-hydrogen) atoms. The lowest BCUT2D eigenvalue weighted by molar-refractivity contribution is -0.125. The van der Waals surface area contributed by atoms with Crippen molar-refractivity contribution >= 4 is 17.8 Å². The summed E-state index contributed by atoms with van der Waals surface area (Å²) in [5.74, 6) is -0.695. The summed E-state index contributed by atoms with van der Waals surface area (Å²) in [6.45, 7) is 0.340. The van der Waals surface area contributed by atoms with Crippen molar-refractivity contribution in [2.24, 2.45) is 5.73 Å². The zero-order valence-corrected chi connectivity index (χ0v) is 7.60. The Balaban J connectivity index is 2.10. The Hall–Kier alpha value is -1.59. The number of nitrogens with zero attached hydrogens (tertiary/aromatic N) is 2. The van der Waals surface area contributed by atoms with Gasteiger partial charge in [-0.2, -0.15) is 0 Å². The molecule has 2 heterocycles. The summed E-state index contributed by atoms with van der Waals surface area (Å²) in [6.07, 6.45) is 1.13. The van der Waals surface area contributed by atoms with E-state index in [1.165, 1.54) is 9.80 Å². The summed E-state index contributed by atoms with van der Waals surface area (Å²) in [7, 11) is 0. The fraction of sp³-hybridized carbons (Fsp3) is 0.625. The number of urea groups is 1. The molecule has 4 amide bonds. The smallest absolute Gasteiger partial charge is 0.327 e. The lowest BCUT2D eigenvalue weighted by Crippen LogP contribution is -2.39. The number of hydrogen-bond donors (Lipinski definition) is 1. The van der Waals surface area contributed by atoms with Gasteiger partial charge >= 0.3 is 6.03 Å². The van der Waals surface area contributed by atoms with Crippen LogP contribution in [0.25, 0.3) is 0 Å². The van der Waals surface area contributed by atoms with Crippen LogP contribution in [0.15, 0.2) is 0 Å². The van der Waals surface area contributed by atoms with Gasteiger partial charge in [0.25, 0.3) is 0 Å². The van der Waals surface area contributed by atoms with E-state index < -0.39 is 5.91 Å². The maximum Gasteiger partial charge on any atom is 0.327 e. The van der Waals surface area contributed by atoms with Crippen LogP contribution in [-0.2, 0) is 9.59 Å². The number of imide groups is 1. The van der Waals surface area contributed by atoms with Crippen LogP contribution in [0.2, 0.25) is 0 Å². The molecule has 2 N–H and O–H groups in total. The van der Waals surface area contributed by atoms with E-state index in [9.17, 15) is 14.4 Å². The second kappa shape index (κ2) is 2.97. The molecule has 0 aromatic carbocycles. The highest BCUT2D eigenvalue weighted by Crippen LogP contribution is 2.26. The fourth-order valence-electron chi connectivity index (χ4n) is 1.98. The van der Waals surface area contributed by atoms with Crippen LogP contribution in [0, 0.1) is 0 Å². The first-order chi connectivity index (χ1) is 6.59. The second-order valence-corrected chi connectivity index (χ2v) is 3.59. The van der Waals surface area contributed by atoms with E-state index in [-0.39, 0.29) is 24.5 Å². The summed E-state index contributed by atoms with van der Waals surface area (Å²) in [5.41, 5.74) is 4.98. The van der Waals surface area contributed by atoms with E-state index >= 15 is 0 Å². The maximum atomic E-state index is 11.6. The van der Waals surface area contributed by atoms with Crippen molar-refractivity contribution in [2.75, 3.05) is 13.1 Å². The Kier molecular flexibility index (Phi) is 1.90. The number of carbonyl (C=O) groups is 3. The standard InChI is InChI=1S/C8H11N3O3/c9-6(12)4-10-3-5-1-2-7(13)11(5)8(10)14/h5H,1-4H2,(H2,9,12). The highest BCUT2D eigenvalue weighted by atomic mass is 16.2. The van der Waals surface area contributed by atoms with Crippen molar-refractivity contribution < 1.29 is 14.4 Å². The van der Waals surface area contributed by atoms with E-state index in [1.54, 1.807) is 0 Å². The summed E-state index contributed by atoms with van der Waals surface area (Å²) in [6, 6.07) is -0.425. The summed E-state index contributed by atoms with van der Waals surface area (Å²) in [5, 5.41) is 0. The molecule has 2 rings (SSSR count). The van der Waals surface area contributed by atoms with Crippen LogP contribution in [0.4, 0.5) is 4.79 Å². The minimum Gasteiger partial charge on any atom is -0.368 e. The molecule has 0 saturated carbocycles. The minimum absolute atomic E-state index is 0.0469. The molecule has 6 nitrogen and oxygen atoms in total. The van der Waals surface area contributed by atoms with Gasteiger partial charge in [-0.25, -0.2) is 4.79 Å². The van der Waals surface area contributed by atoms with Crippen LogP contribution >= 0.6 is 0 Å². The van der Waals surface area contributed by atoms with Gasteiger partial charge in [0, 0.05) is 13.0 Å². The molecule has 1 unspecified atom stereocenters. The number of nitrogens with two attached hydrogens (primary N) is 1. The van der Waals surface area contributed by atoms with Gasteiger partial charge in [0.2, 0.25) is 11.8 Å². The number of rotatable bonds is 2. The first-order valence-corrected chi connectivity index (χ1v) is 4.49. The summed E-state index contributed by atoms with van der Waals surface area (Å²) >= 11 is 0. The molecular weight excluding hydrogens is 186 g/mol. The normalized spacial score (nSPS) is 25.9. The predicted molar refractivity (Wildman–Crippen MR) is 46.0 cm³/mol. The number of carbonyl (C=O) groups excluding carboxylic acids is 3. The van der Waals surface area contributed by atoms with Gasteiger partial charge in [-0.05, 0) is 6.42 Å². The zero-order valence-electron chi connectivity index (χ0n) is 7.60. The van der Waals surface area contributed by atoms with Crippen molar-refractivity contribution in [3.8, 4) is 0 Å². The molecule has 0 aromatic rings. The largest absolute Gasteiger partial charge is 0.368 e. The van der Waals surface area contributed by atoms with E-state index in [1.807, 2.05) is 0 Å². The third-order valence-electron chi connectivity index (χ3n) is 2.58. The van der Waals surface area contributed by atoms with Crippen molar-refractivity contribution in [1.82, 2.24) is 9.80 Å². The van der Waals surface area contributed by atoms with Gasteiger partial charge < -0.3 is 10.6 Å². The molecule has 0 aliphatic carbocycles. The van der Waals surface area contributed by atoms with E-state index in [0.717, 1.165) is 0 Å². The molecule has 6 heteroatoms. The minimum atomic E-state index is -0.549. The molecule has 0 bridgehead atoms. The van der Waals surface area contributed by atoms with Crippen molar-refractivity contribution in [2.45, 2.75) is 18.9 Å². The van der Waals surface area contributed by atoms with Gasteiger partial charge in [0.05, 0.1) is 6.04 Å². The molecule has 0 radical (unpaired) electrons. The molecule has 2 fully saturated rings. The van der Waals surface area contributed by atoms with Gasteiger partial charge in [-0.15, -0.1) is 0 Å². The highest BCUT2D eigenvalue weighted by molar-refractivity contribution is 5.99. The van der Waals surface area contributed by atoms with Gasteiger partial charge in [-0.1, -0.05) is 0 Å². The zero-order chi connectivity index (χ0) is 10.3. The van der Waals surface area contributed by atoms with Crippen molar-refractivity contribution in [3.05, 3.63) is 0 Å². The lowest BCUT2D eigenvalue weighted by atomic mass is 10.2. The molecular formula is C8H11N3O3. The quantitative estimate of drug-likeness (QED) is 0.609. The van der Waals surface area contributed by atoms with Gasteiger partial charge in [0.15, 0.2) is 0 Å². The highest BCUT2D eigenvalue weighted by Gasteiger charge is 2.45. The van der Waals surface area contributed by atoms with Crippen LogP contribution in [-0.4, -0.2) is 46.8 Å². The second-order valence-electron chi connectivity index (χ2n) is 3.59. The number of fused-ring (bicyclic) bond motifs is 1. The number of hydrogen-bond acceptors (Lipinski definition) is 3. The van der Waals surface area contributed by atoms with Gasteiger partial charge in [-0.3, -0.25) is 14.5 Å². The average molecular weight is 197 g/mol. The molecule has 0 spiro atoms. The lowest BCUT2D eigenvalue weighted by Gasteiger charge is -2.13. The Morgan fingerprint density at radius 2 is 2.21 bits per heavy atom. The monoisotopic (exact) mass is 197 g/mol. The third-order valence-corrected chi connectivity index (χ3v) is 2.58. The van der Waals surface area contributed by atoms with E-state index in [2.05, 4.69) is 0 Å².